The van der Waals surface area contributed by atoms with Crippen molar-refractivity contribution in [3.05, 3.63) is 29.8 Å². The van der Waals surface area contributed by atoms with Crippen molar-refractivity contribution < 1.29 is 22.1 Å². The van der Waals surface area contributed by atoms with Crippen molar-refractivity contribution in [3.8, 4) is 0 Å². The maximum Gasteiger partial charge on any atom is 0.309 e. The summed E-state index contributed by atoms with van der Waals surface area (Å²) in [7, 11) is -3.79. The van der Waals surface area contributed by atoms with Crippen LogP contribution in [0.1, 0.15) is 39.7 Å². The molecule has 124 valence electrons. The van der Waals surface area contributed by atoms with Crippen LogP contribution in [0.2, 0.25) is 0 Å². The SMILES string of the molecule is Cc1ccc(S(=O)(=O)OCCC(C)C(=O)OC(C)(C)C)cc1. The summed E-state index contributed by atoms with van der Waals surface area (Å²) in [5, 5.41) is 0. The molecule has 1 aromatic rings. The molecule has 0 aliphatic rings. The van der Waals surface area contributed by atoms with Crippen LogP contribution < -0.4 is 0 Å². The molecule has 0 aliphatic carbocycles. The summed E-state index contributed by atoms with van der Waals surface area (Å²) < 4.78 is 34.2. The molecule has 22 heavy (non-hydrogen) atoms. The predicted octanol–water partition coefficient (Wildman–Crippen LogP) is 3.07. The van der Waals surface area contributed by atoms with E-state index in [1.54, 1.807) is 39.8 Å². The number of hydrogen-bond donors (Lipinski definition) is 0. The highest BCUT2D eigenvalue weighted by atomic mass is 32.2. The van der Waals surface area contributed by atoms with Crippen LogP contribution in [0.25, 0.3) is 0 Å². The van der Waals surface area contributed by atoms with Crippen molar-refractivity contribution in [1.29, 1.82) is 0 Å². The van der Waals surface area contributed by atoms with Gasteiger partial charge in [-0.15, -0.1) is 0 Å². The molecule has 0 fully saturated rings. The summed E-state index contributed by atoms with van der Waals surface area (Å²) in [5.74, 6) is -0.781. The molecular formula is C16H24O5S. The van der Waals surface area contributed by atoms with Crippen LogP contribution in [-0.4, -0.2) is 26.6 Å². The summed E-state index contributed by atoms with van der Waals surface area (Å²) in [6.07, 6.45) is 0.278. The minimum Gasteiger partial charge on any atom is -0.460 e. The van der Waals surface area contributed by atoms with Gasteiger partial charge in [0, 0.05) is 0 Å². The highest BCUT2D eigenvalue weighted by Gasteiger charge is 2.22. The zero-order valence-corrected chi connectivity index (χ0v) is 14.6. The fourth-order valence-corrected chi connectivity index (χ4v) is 2.55. The maximum atomic E-state index is 12.0. The van der Waals surface area contributed by atoms with Gasteiger partial charge in [-0.05, 0) is 46.2 Å². The average Bonchev–Trinajstić information content (AvgIpc) is 2.36. The van der Waals surface area contributed by atoms with E-state index in [9.17, 15) is 13.2 Å². The topological polar surface area (TPSA) is 69.7 Å². The summed E-state index contributed by atoms with van der Waals surface area (Å²) in [5.41, 5.74) is 0.415. The molecule has 0 spiro atoms. The lowest BCUT2D eigenvalue weighted by molar-refractivity contribution is -0.159. The van der Waals surface area contributed by atoms with Gasteiger partial charge in [0.05, 0.1) is 17.4 Å². The minimum atomic E-state index is -3.79. The Hall–Kier alpha value is -1.40. The predicted molar refractivity (Wildman–Crippen MR) is 83.9 cm³/mol. The van der Waals surface area contributed by atoms with E-state index in [1.165, 1.54) is 12.1 Å². The van der Waals surface area contributed by atoms with E-state index in [1.807, 2.05) is 6.92 Å². The molecule has 0 aromatic heterocycles. The lowest BCUT2D eigenvalue weighted by Crippen LogP contribution is -2.28. The smallest absolute Gasteiger partial charge is 0.309 e. The zero-order chi connectivity index (χ0) is 17.0. The van der Waals surface area contributed by atoms with E-state index in [2.05, 4.69) is 0 Å². The third-order valence-electron chi connectivity index (χ3n) is 2.91. The third kappa shape index (κ3) is 6.15. The largest absolute Gasteiger partial charge is 0.460 e. The van der Waals surface area contributed by atoms with E-state index in [0.717, 1.165) is 5.56 Å². The van der Waals surface area contributed by atoms with Crippen molar-refractivity contribution >= 4 is 16.1 Å². The molecule has 0 N–H and O–H groups in total. The van der Waals surface area contributed by atoms with Gasteiger partial charge >= 0.3 is 5.97 Å². The maximum absolute atomic E-state index is 12.0. The van der Waals surface area contributed by atoms with Gasteiger partial charge in [-0.25, -0.2) is 0 Å². The van der Waals surface area contributed by atoms with Gasteiger partial charge in [-0.1, -0.05) is 24.6 Å². The number of carbonyl (C=O) groups is 1. The van der Waals surface area contributed by atoms with Crippen molar-refractivity contribution in [2.75, 3.05) is 6.61 Å². The Kier molecular flexibility index (Phi) is 6.14. The van der Waals surface area contributed by atoms with E-state index < -0.39 is 21.6 Å². The van der Waals surface area contributed by atoms with Crippen LogP contribution in [0.15, 0.2) is 29.2 Å². The second-order valence-corrected chi connectivity index (χ2v) is 7.93. The molecule has 0 radical (unpaired) electrons. The highest BCUT2D eigenvalue weighted by Crippen LogP contribution is 2.16. The summed E-state index contributed by atoms with van der Waals surface area (Å²) in [4.78, 5) is 11.9. The Bertz CT molecular complexity index is 596. The van der Waals surface area contributed by atoms with Crippen LogP contribution in [0.5, 0.6) is 0 Å². The fourth-order valence-electron chi connectivity index (χ4n) is 1.63. The van der Waals surface area contributed by atoms with Crippen LogP contribution in [0.3, 0.4) is 0 Å². The number of esters is 1. The Morgan fingerprint density at radius 3 is 2.23 bits per heavy atom. The first-order chi connectivity index (χ1) is 10.0. The summed E-state index contributed by atoms with van der Waals surface area (Å²) >= 11 is 0. The number of ether oxygens (including phenoxy) is 1. The van der Waals surface area contributed by atoms with Gasteiger partial charge in [-0.3, -0.25) is 8.98 Å². The molecule has 1 unspecified atom stereocenters. The number of benzene rings is 1. The molecule has 5 nitrogen and oxygen atoms in total. The Labute approximate surface area is 132 Å². The monoisotopic (exact) mass is 328 g/mol. The van der Waals surface area contributed by atoms with Gasteiger partial charge in [0.1, 0.15) is 5.60 Å². The molecule has 1 atom stereocenters. The highest BCUT2D eigenvalue weighted by molar-refractivity contribution is 7.86. The van der Waals surface area contributed by atoms with Gasteiger partial charge in [0.15, 0.2) is 0 Å². The Morgan fingerprint density at radius 2 is 1.73 bits per heavy atom. The molecule has 0 heterocycles. The number of carbonyl (C=O) groups excluding carboxylic acids is 1. The quantitative estimate of drug-likeness (QED) is 0.593. The molecule has 0 bridgehead atoms. The van der Waals surface area contributed by atoms with Crippen molar-refractivity contribution in [1.82, 2.24) is 0 Å². The lowest BCUT2D eigenvalue weighted by atomic mass is 10.1. The van der Waals surface area contributed by atoms with Crippen LogP contribution in [0.4, 0.5) is 0 Å². The second-order valence-electron chi connectivity index (χ2n) is 6.31. The molecule has 0 saturated heterocycles. The van der Waals surface area contributed by atoms with Gasteiger partial charge in [-0.2, -0.15) is 8.42 Å². The first-order valence-corrected chi connectivity index (χ1v) is 8.61. The van der Waals surface area contributed by atoms with Gasteiger partial charge in [0.25, 0.3) is 10.1 Å². The normalized spacial score (nSPS) is 13.7. The minimum absolute atomic E-state index is 0.0589. The standard InChI is InChI=1S/C16H24O5S/c1-12-6-8-14(9-7-12)22(18,19)20-11-10-13(2)15(17)21-16(3,4)5/h6-9,13H,10-11H2,1-5H3. The van der Waals surface area contributed by atoms with E-state index >= 15 is 0 Å². The lowest BCUT2D eigenvalue weighted by Gasteiger charge is -2.22. The second kappa shape index (κ2) is 7.24. The molecule has 0 amide bonds. The molecule has 1 rings (SSSR count). The number of hydrogen-bond acceptors (Lipinski definition) is 5. The number of rotatable bonds is 6. The first-order valence-electron chi connectivity index (χ1n) is 7.20. The van der Waals surface area contributed by atoms with Crippen molar-refractivity contribution in [2.45, 2.75) is 51.5 Å². The van der Waals surface area contributed by atoms with Crippen molar-refractivity contribution in [2.24, 2.45) is 5.92 Å². The number of aryl methyl sites for hydroxylation is 1. The zero-order valence-electron chi connectivity index (χ0n) is 13.8. The van der Waals surface area contributed by atoms with Crippen molar-refractivity contribution in [3.63, 3.8) is 0 Å². The van der Waals surface area contributed by atoms with E-state index in [-0.39, 0.29) is 23.9 Å². The molecule has 0 saturated carbocycles. The Balaban J connectivity index is 2.52. The molecular weight excluding hydrogens is 304 g/mol. The van der Waals surface area contributed by atoms with Crippen LogP contribution in [0, 0.1) is 12.8 Å². The van der Waals surface area contributed by atoms with E-state index in [0.29, 0.717) is 0 Å². The van der Waals surface area contributed by atoms with Crippen LogP contribution >= 0.6 is 0 Å². The van der Waals surface area contributed by atoms with Gasteiger partial charge in [0.2, 0.25) is 0 Å². The van der Waals surface area contributed by atoms with Crippen LogP contribution in [-0.2, 0) is 23.8 Å². The average molecular weight is 328 g/mol. The van der Waals surface area contributed by atoms with Gasteiger partial charge < -0.3 is 4.74 Å². The molecule has 6 heteroatoms. The third-order valence-corrected chi connectivity index (χ3v) is 4.23. The summed E-state index contributed by atoms with van der Waals surface area (Å²) in [6, 6.07) is 6.42. The fraction of sp³-hybridized carbons (Fsp3) is 0.562. The summed E-state index contributed by atoms with van der Waals surface area (Å²) in [6.45, 7) is 8.87. The molecule has 1 aromatic carbocycles. The first kappa shape index (κ1) is 18.6. The Morgan fingerprint density at radius 1 is 1.18 bits per heavy atom. The molecule has 0 aliphatic heterocycles. The van der Waals surface area contributed by atoms with E-state index in [4.69, 9.17) is 8.92 Å².